The molecule has 0 bridgehead atoms. The Kier molecular flexibility index (Phi) is 3.64. The molecule has 1 aromatic carbocycles. The number of benzene rings is 1. The number of aromatic nitrogens is 1. The molecule has 4 rings (SSSR count). The Morgan fingerprint density at radius 3 is 2.77 bits per heavy atom. The predicted octanol–water partition coefficient (Wildman–Crippen LogP) is 2.71. The summed E-state index contributed by atoms with van der Waals surface area (Å²) >= 11 is 0. The Balaban J connectivity index is 1.99. The second-order valence-electron chi connectivity index (χ2n) is 7.10. The number of nitrogens with two attached hydrogens (primary N) is 1. The third-order valence-corrected chi connectivity index (χ3v) is 5.53. The number of rotatable bonds is 2. The number of nitrogens with zero attached hydrogens (tertiary/aromatic N) is 2. The monoisotopic (exact) mass is 359 g/mol. The number of methoxy groups -OCH3 is 1. The van der Waals surface area contributed by atoms with Gasteiger partial charge in [-0.2, -0.15) is 0 Å². The van der Waals surface area contributed by atoms with Gasteiger partial charge in [0.05, 0.1) is 13.7 Å². The number of ether oxygens (including phenoxy) is 2. The Hall–Kier alpha value is -2.70. The van der Waals surface area contributed by atoms with Crippen molar-refractivity contribution in [2.45, 2.75) is 25.3 Å². The van der Waals surface area contributed by atoms with E-state index in [4.69, 9.17) is 15.2 Å². The molecule has 136 valence electrons. The predicted molar refractivity (Wildman–Crippen MR) is 91.9 cm³/mol. The van der Waals surface area contributed by atoms with Crippen LogP contribution in [0.15, 0.2) is 35.5 Å². The number of aliphatic imine (C=N–C) groups is 1. The van der Waals surface area contributed by atoms with E-state index < -0.39 is 22.6 Å². The van der Waals surface area contributed by atoms with E-state index in [0.717, 1.165) is 17.2 Å². The smallest absolute Gasteiger partial charge is 0.282 e. The van der Waals surface area contributed by atoms with Crippen LogP contribution in [0.25, 0.3) is 0 Å². The van der Waals surface area contributed by atoms with E-state index in [2.05, 4.69) is 9.98 Å². The molecule has 1 aromatic heterocycles. The number of hydrogen-bond acceptors (Lipinski definition) is 5. The van der Waals surface area contributed by atoms with Crippen LogP contribution in [-0.4, -0.2) is 24.7 Å². The van der Waals surface area contributed by atoms with Crippen molar-refractivity contribution in [3.63, 3.8) is 0 Å². The molecule has 2 heterocycles. The van der Waals surface area contributed by atoms with Crippen molar-refractivity contribution < 1.29 is 18.3 Å². The van der Waals surface area contributed by atoms with Gasteiger partial charge >= 0.3 is 0 Å². The first kappa shape index (κ1) is 16.8. The summed E-state index contributed by atoms with van der Waals surface area (Å²) in [6.45, 7) is 2.27. The highest BCUT2D eigenvalue weighted by Crippen LogP contribution is 2.55. The molecule has 1 aliphatic carbocycles. The summed E-state index contributed by atoms with van der Waals surface area (Å²) in [5.74, 6) is -0.809. The van der Waals surface area contributed by atoms with Gasteiger partial charge in [-0.1, -0.05) is 13.0 Å². The first-order chi connectivity index (χ1) is 12.4. The zero-order valence-corrected chi connectivity index (χ0v) is 14.6. The normalized spacial score (nSPS) is 27.0. The number of halogens is 2. The van der Waals surface area contributed by atoms with Crippen LogP contribution in [0.1, 0.15) is 23.6 Å². The number of fused-ring (bicyclic) bond motifs is 2. The third kappa shape index (κ3) is 2.26. The van der Waals surface area contributed by atoms with Crippen molar-refractivity contribution in [2.24, 2.45) is 16.1 Å². The second kappa shape index (κ2) is 5.65. The average molecular weight is 359 g/mol. The topological polar surface area (TPSA) is 69.7 Å². The maximum absolute atomic E-state index is 14.8. The molecule has 0 fully saturated rings. The largest absolute Gasteiger partial charge is 0.481 e. The molecule has 2 aromatic rings. The molecule has 0 unspecified atom stereocenters. The number of pyridine rings is 1. The molecule has 1 aliphatic heterocycles. The molecule has 0 saturated heterocycles. The lowest BCUT2D eigenvalue weighted by Gasteiger charge is -2.51. The molecule has 5 nitrogen and oxygen atoms in total. The van der Waals surface area contributed by atoms with Gasteiger partial charge in [-0.05, 0) is 24.1 Å². The summed E-state index contributed by atoms with van der Waals surface area (Å²) in [5, 5.41) is 0. The fraction of sp³-hybridized carbons (Fsp3) is 0.368. The van der Waals surface area contributed by atoms with Crippen LogP contribution in [0.2, 0.25) is 0 Å². The van der Waals surface area contributed by atoms with Crippen LogP contribution in [0.3, 0.4) is 0 Å². The Morgan fingerprint density at radius 2 is 2.04 bits per heavy atom. The van der Waals surface area contributed by atoms with E-state index in [-0.39, 0.29) is 12.6 Å². The molecule has 26 heavy (non-hydrogen) atoms. The minimum Gasteiger partial charge on any atom is -0.481 e. The van der Waals surface area contributed by atoms with Crippen molar-refractivity contribution in [1.82, 2.24) is 4.98 Å². The van der Waals surface area contributed by atoms with Gasteiger partial charge in [0, 0.05) is 35.2 Å². The highest BCUT2D eigenvalue weighted by Gasteiger charge is 2.57. The molecule has 2 aliphatic rings. The van der Waals surface area contributed by atoms with Crippen LogP contribution < -0.4 is 10.5 Å². The fourth-order valence-electron chi connectivity index (χ4n) is 4.18. The fourth-order valence-corrected chi connectivity index (χ4v) is 4.18. The summed E-state index contributed by atoms with van der Waals surface area (Å²) in [6, 6.07) is 5.48. The highest BCUT2D eigenvalue weighted by atomic mass is 19.1. The van der Waals surface area contributed by atoms with Crippen LogP contribution in [0.5, 0.6) is 5.88 Å². The van der Waals surface area contributed by atoms with Gasteiger partial charge in [0.2, 0.25) is 5.88 Å². The highest BCUT2D eigenvalue weighted by molar-refractivity contribution is 5.73. The Labute approximate surface area is 149 Å². The quantitative estimate of drug-likeness (QED) is 0.895. The van der Waals surface area contributed by atoms with Gasteiger partial charge in [0.25, 0.3) is 6.02 Å². The van der Waals surface area contributed by atoms with E-state index >= 15 is 0 Å². The third-order valence-electron chi connectivity index (χ3n) is 5.53. The van der Waals surface area contributed by atoms with Crippen molar-refractivity contribution in [3.05, 3.63) is 58.8 Å². The minimum absolute atomic E-state index is 0.00231. The summed E-state index contributed by atoms with van der Waals surface area (Å²) in [6.07, 6.45) is 2.60. The molecular formula is C19H19F2N3O2. The van der Waals surface area contributed by atoms with E-state index in [9.17, 15) is 8.78 Å². The Morgan fingerprint density at radius 1 is 1.23 bits per heavy atom. The summed E-state index contributed by atoms with van der Waals surface area (Å²) in [7, 11) is 1.54. The zero-order chi connectivity index (χ0) is 18.5. The summed E-state index contributed by atoms with van der Waals surface area (Å²) in [4.78, 5) is 8.83. The van der Waals surface area contributed by atoms with Crippen LogP contribution >= 0.6 is 0 Å². The van der Waals surface area contributed by atoms with Gasteiger partial charge < -0.3 is 15.2 Å². The zero-order valence-electron chi connectivity index (χ0n) is 14.6. The van der Waals surface area contributed by atoms with Crippen LogP contribution in [-0.2, 0) is 23.1 Å². The molecule has 2 N–H and O–H groups in total. The summed E-state index contributed by atoms with van der Waals surface area (Å²) in [5.41, 5.74) is 6.49. The molecule has 0 saturated carbocycles. The first-order valence-electron chi connectivity index (χ1n) is 8.33. The lowest BCUT2D eigenvalue weighted by molar-refractivity contribution is 0.0237. The second-order valence-corrected chi connectivity index (χ2v) is 7.10. The van der Waals surface area contributed by atoms with Crippen LogP contribution in [0, 0.1) is 17.0 Å². The molecule has 2 atom stereocenters. The molecule has 0 radical (unpaired) electrons. The van der Waals surface area contributed by atoms with Gasteiger partial charge in [0.15, 0.2) is 0 Å². The first-order valence-corrected chi connectivity index (χ1v) is 8.33. The number of hydrogen-bond donors (Lipinski definition) is 1. The van der Waals surface area contributed by atoms with E-state index in [1.807, 2.05) is 13.0 Å². The van der Waals surface area contributed by atoms with E-state index in [1.54, 1.807) is 13.3 Å². The van der Waals surface area contributed by atoms with Crippen molar-refractivity contribution >= 4 is 6.02 Å². The van der Waals surface area contributed by atoms with Crippen molar-refractivity contribution in [1.29, 1.82) is 0 Å². The van der Waals surface area contributed by atoms with E-state index in [0.29, 0.717) is 24.3 Å². The molecular weight excluding hydrogens is 340 g/mol. The van der Waals surface area contributed by atoms with Gasteiger partial charge in [-0.3, -0.25) is 0 Å². The lowest BCUT2D eigenvalue weighted by atomic mass is 9.58. The molecule has 0 amide bonds. The van der Waals surface area contributed by atoms with Crippen LogP contribution in [0.4, 0.5) is 8.78 Å². The molecule has 7 heteroatoms. The van der Waals surface area contributed by atoms with Crippen molar-refractivity contribution in [2.75, 3.05) is 13.7 Å². The lowest BCUT2D eigenvalue weighted by Crippen LogP contribution is -2.56. The minimum atomic E-state index is -1.03. The van der Waals surface area contributed by atoms with Crippen molar-refractivity contribution in [3.8, 4) is 5.88 Å². The standard InChI is InChI=1S/C19H19F2N3O2/c1-18-8-11-5-6-23-16(25-2)13(11)9-19(18,24-17(22)26-10-18)14-4-3-12(20)7-15(14)21/h3-7H,8-10H2,1-2H3,(H2,22,24)/t18-,19+/m0/s1. The number of amidine groups is 1. The summed E-state index contributed by atoms with van der Waals surface area (Å²) < 4.78 is 39.3. The van der Waals surface area contributed by atoms with Gasteiger partial charge in [-0.15, -0.1) is 0 Å². The Bertz CT molecular complexity index is 918. The maximum Gasteiger partial charge on any atom is 0.282 e. The SMILES string of the molecule is COc1nccc2c1C[C@]1(c3ccc(F)cc3F)N=C(N)OC[C@]1(C)C2. The van der Waals surface area contributed by atoms with E-state index in [1.165, 1.54) is 12.1 Å². The molecule has 0 spiro atoms. The average Bonchev–Trinajstić information content (AvgIpc) is 2.59. The van der Waals surface area contributed by atoms with Gasteiger partial charge in [-0.25, -0.2) is 18.8 Å². The van der Waals surface area contributed by atoms with Gasteiger partial charge in [0.1, 0.15) is 17.2 Å². The maximum atomic E-state index is 14.8.